The molecule has 0 heterocycles. The first-order valence-corrected chi connectivity index (χ1v) is 4.17. The van der Waals surface area contributed by atoms with E-state index in [1.54, 1.807) is 0 Å². The quantitative estimate of drug-likeness (QED) is 0.587. The lowest BCUT2D eigenvalue weighted by Gasteiger charge is -2.25. The van der Waals surface area contributed by atoms with Gasteiger partial charge in [-0.2, -0.15) is 0 Å². The monoisotopic (exact) mass is 158 g/mol. The summed E-state index contributed by atoms with van der Waals surface area (Å²) in [6, 6.07) is 0. The lowest BCUT2D eigenvalue weighted by molar-refractivity contribution is -0.144. The molecule has 0 aromatic rings. The van der Waals surface area contributed by atoms with Crippen molar-refractivity contribution in [1.82, 2.24) is 0 Å². The highest BCUT2D eigenvalue weighted by Gasteiger charge is 2.20. The summed E-state index contributed by atoms with van der Waals surface area (Å²) in [5.74, 6) is -0.182. The van der Waals surface area contributed by atoms with E-state index in [4.69, 9.17) is 4.74 Å². The first-order chi connectivity index (χ1) is 5.04. The van der Waals surface area contributed by atoms with Crippen LogP contribution in [0.3, 0.4) is 0 Å². The van der Waals surface area contributed by atoms with Crippen LogP contribution in [0, 0.1) is 5.41 Å². The first kappa shape index (κ1) is 10.5. The maximum atomic E-state index is 10.5. The summed E-state index contributed by atoms with van der Waals surface area (Å²) in [4.78, 5) is 10.5. The largest absolute Gasteiger partial charge is 0.465 e. The van der Waals surface area contributed by atoms with Crippen LogP contribution in [0.15, 0.2) is 0 Å². The summed E-state index contributed by atoms with van der Waals surface area (Å²) in [6.07, 6.45) is 2.10. The topological polar surface area (TPSA) is 26.3 Å². The molecular weight excluding hydrogens is 140 g/mol. The Morgan fingerprint density at radius 3 is 2.09 bits per heavy atom. The van der Waals surface area contributed by atoms with Crippen molar-refractivity contribution in [3.63, 3.8) is 0 Å². The van der Waals surface area contributed by atoms with Gasteiger partial charge in [0.1, 0.15) is 0 Å². The second-order valence-corrected chi connectivity index (χ2v) is 3.30. The van der Waals surface area contributed by atoms with Gasteiger partial charge < -0.3 is 4.74 Å². The molecule has 0 bridgehead atoms. The summed E-state index contributed by atoms with van der Waals surface area (Å²) in [5.41, 5.74) is 0.172. The number of hydrogen-bond acceptors (Lipinski definition) is 2. The van der Waals surface area contributed by atoms with E-state index in [9.17, 15) is 4.79 Å². The number of esters is 1. The van der Waals surface area contributed by atoms with Crippen LogP contribution in [-0.4, -0.2) is 12.6 Å². The Labute approximate surface area is 68.9 Å². The van der Waals surface area contributed by atoms with E-state index in [1.807, 2.05) is 0 Å². The summed E-state index contributed by atoms with van der Waals surface area (Å²) >= 11 is 0. The molecule has 0 amide bonds. The van der Waals surface area contributed by atoms with Crippen molar-refractivity contribution in [2.75, 3.05) is 6.61 Å². The third-order valence-electron chi connectivity index (χ3n) is 2.33. The zero-order valence-corrected chi connectivity index (χ0v) is 7.94. The van der Waals surface area contributed by atoms with Gasteiger partial charge in [0.15, 0.2) is 0 Å². The maximum Gasteiger partial charge on any atom is 0.302 e. The molecule has 0 aromatic heterocycles. The molecule has 2 heteroatoms. The summed E-state index contributed by atoms with van der Waals surface area (Å²) < 4.78 is 4.95. The minimum absolute atomic E-state index is 0.172. The van der Waals surface area contributed by atoms with Crippen molar-refractivity contribution in [3.8, 4) is 0 Å². The number of hydrogen-bond donors (Lipinski definition) is 0. The maximum absolute atomic E-state index is 10.5. The van der Waals surface area contributed by atoms with Gasteiger partial charge in [-0.05, 0) is 12.8 Å². The zero-order chi connectivity index (χ0) is 8.91. The fraction of sp³-hybridized carbons (Fsp3) is 0.889. The molecule has 66 valence electrons. The van der Waals surface area contributed by atoms with E-state index in [0.29, 0.717) is 6.61 Å². The van der Waals surface area contributed by atoms with Gasteiger partial charge in [0, 0.05) is 12.3 Å². The Morgan fingerprint density at radius 1 is 1.36 bits per heavy atom. The van der Waals surface area contributed by atoms with Crippen LogP contribution >= 0.6 is 0 Å². The van der Waals surface area contributed by atoms with Gasteiger partial charge in [0.25, 0.3) is 0 Å². The summed E-state index contributed by atoms with van der Waals surface area (Å²) in [6.45, 7) is 8.37. The SMILES string of the molecule is CCC(C)(CC)COC(C)=O. The average Bonchev–Trinajstić information content (AvgIpc) is 2.00. The molecule has 0 saturated carbocycles. The summed E-state index contributed by atoms with van der Waals surface area (Å²) in [5, 5.41) is 0. The highest BCUT2D eigenvalue weighted by molar-refractivity contribution is 5.65. The van der Waals surface area contributed by atoms with Crippen LogP contribution in [0.4, 0.5) is 0 Å². The summed E-state index contributed by atoms with van der Waals surface area (Å²) in [7, 11) is 0. The van der Waals surface area contributed by atoms with Crippen molar-refractivity contribution in [1.29, 1.82) is 0 Å². The van der Waals surface area contributed by atoms with E-state index >= 15 is 0 Å². The van der Waals surface area contributed by atoms with Crippen LogP contribution in [0.25, 0.3) is 0 Å². The highest BCUT2D eigenvalue weighted by atomic mass is 16.5. The van der Waals surface area contributed by atoms with Gasteiger partial charge in [-0.1, -0.05) is 20.8 Å². The Bertz CT molecular complexity index is 126. The molecular formula is C9H18O2. The lowest BCUT2D eigenvalue weighted by Crippen LogP contribution is -2.22. The Balaban J connectivity index is 3.78. The number of ether oxygens (including phenoxy) is 1. The molecule has 0 unspecified atom stereocenters. The standard InChI is InChI=1S/C9H18O2/c1-5-9(4,6-2)7-11-8(3)10/h5-7H2,1-4H3. The minimum atomic E-state index is -0.182. The van der Waals surface area contributed by atoms with Gasteiger partial charge in [-0.25, -0.2) is 0 Å². The molecule has 0 aliphatic carbocycles. The molecule has 0 spiro atoms. The molecule has 11 heavy (non-hydrogen) atoms. The minimum Gasteiger partial charge on any atom is -0.465 e. The van der Waals surface area contributed by atoms with Crippen LogP contribution in [0.1, 0.15) is 40.5 Å². The molecule has 0 aliphatic heterocycles. The van der Waals surface area contributed by atoms with E-state index in [1.165, 1.54) is 6.92 Å². The molecule has 0 fully saturated rings. The molecule has 0 radical (unpaired) electrons. The molecule has 0 saturated heterocycles. The second-order valence-electron chi connectivity index (χ2n) is 3.30. The van der Waals surface area contributed by atoms with Gasteiger partial charge in [-0.3, -0.25) is 4.79 Å². The fourth-order valence-electron chi connectivity index (χ4n) is 0.730. The lowest BCUT2D eigenvalue weighted by atomic mass is 9.86. The van der Waals surface area contributed by atoms with Crippen molar-refractivity contribution >= 4 is 5.97 Å². The third-order valence-corrected chi connectivity index (χ3v) is 2.33. The molecule has 0 atom stereocenters. The third kappa shape index (κ3) is 4.02. The average molecular weight is 158 g/mol. The van der Waals surface area contributed by atoms with Gasteiger partial charge in [-0.15, -0.1) is 0 Å². The van der Waals surface area contributed by atoms with Gasteiger partial charge >= 0.3 is 5.97 Å². The second kappa shape index (κ2) is 4.37. The number of carbonyl (C=O) groups is 1. The highest BCUT2D eigenvalue weighted by Crippen LogP contribution is 2.25. The van der Waals surface area contributed by atoms with Crippen molar-refractivity contribution in [3.05, 3.63) is 0 Å². The molecule has 0 N–H and O–H groups in total. The van der Waals surface area contributed by atoms with Crippen LogP contribution in [-0.2, 0) is 9.53 Å². The first-order valence-electron chi connectivity index (χ1n) is 4.17. The Kier molecular flexibility index (Phi) is 4.16. The normalized spacial score (nSPS) is 11.3. The van der Waals surface area contributed by atoms with Crippen LogP contribution in [0.5, 0.6) is 0 Å². The van der Waals surface area contributed by atoms with Crippen molar-refractivity contribution in [2.45, 2.75) is 40.5 Å². The fourth-order valence-corrected chi connectivity index (χ4v) is 0.730. The van der Waals surface area contributed by atoms with Crippen LogP contribution < -0.4 is 0 Å². The predicted molar refractivity (Wildman–Crippen MR) is 45.3 cm³/mol. The predicted octanol–water partition coefficient (Wildman–Crippen LogP) is 2.38. The van der Waals surface area contributed by atoms with E-state index in [0.717, 1.165) is 12.8 Å². The van der Waals surface area contributed by atoms with Crippen LogP contribution in [0.2, 0.25) is 0 Å². The number of rotatable bonds is 4. The van der Waals surface area contributed by atoms with E-state index < -0.39 is 0 Å². The number of carbonyl (C=O) groups excluding carboxylic acids is 1. The molecule has 0 aliphatic rings. The van der Waals surface area contributed by atoms with Crippen molar-refractivity contribution < 1.29 is 9.53 Å². The van der Waals surface area contributed by atoms with E-state index in [2.05, 4.69) is 20.8 Å². The van der Waals surface area contributed by atoms with E-state index in [-0.39, 0.29) is 11.4 Å². The zero-order valence-electron chi connectivity index (χ0n) is 7.94. The Morgan fingerprint density at radius 2 is 1.82 bits per heavy atom. The Hall–Kier alpha value is -0.530. The van der Waals surface area contributed by atoms with Gasteiger partial charge in [0.05, 0.1) is 6.61 Å². The molecule has 2 nitrogen and oxygen atoms in total. The molecule has 0 rings (SSSR count). The van der Waals surface area contributed by atoms with Crippen molar-refractivity contribution in [2.24, 2.45) is 5.41 Å². The molecule has 0 aromatic carbocycles. The smallest absolute Gasteiger partial charge is 0.302 e. The van der Waals surface area contributed by atoms with Gasteiger partial charge in [0.2, 0.25) is 0 Å².